The monoisotopic (exact) mass is 343 g/mol. The molecule has 128 valence electrons. The fraction of sp³-hybridized carbons (Fsp3) is 0.353. The number of nitrogens with zero attached hydrogens (tertiary/aromatic N) is 5. The van der Waals surface area contributed by atoms with Gasteiger partial charge in [-0.25, -0.2) is 9.97 Å². The maximum atomic E-state index is 12.5. The summed E-state index contributed by atoms with van der Waals surface area (Å²) in [6.45, 7) is 0. The molecule has 0 spiro atoms. The van der Waals surface area contributed by atoms with E-state index in [9.17, 15) is 8.78 Å². The van der Waals surface area contributed by atoms with Crippen LogP contribution in [0.25, 0.3) is 11.5 Å². The molecule has 0 aromatic carbocycles. The van der Waals surface area contributed by atoms with Crippen molar-refractivity contribution in [3.05, 3.63) is 54.2 Å². The van der Waals surface area contributed by atoms with Crippen LogP contribution in [0.2, 0.25) is 0 Å². The molecule has 0 atom stereocenters. The van der Waals surface area contributed by atoms with E-state index in [1.54, 1.807) is 6.20 Å². The summed E-state index contributed by atoms with van der Waals surface area (Å²) in [4.78, 5) is 13.2. The van der Waals surface area contributed by atoms with Gasteiger partial charge in [-0.3, -0.25) is 4.98 Å². The third-order valence-electron chi connectivity index (χ3n) is 4.59. The Balaban J connectivity index is 1.54. The van der Waals surface area contributed by atoms with E-state index in [-0.39, 0.29) is 11.3 Å². The topological polar surface area (TPSA) is 77.6 Å². The van der Waals surface area contributed by atoms with Crippen LogP contribution in [0.5, 0.6) is 0 Å². The van der Waals surface area contributed by atoms with Crippen LogP contribution in [-0.2, 0) is 11.8 Å². The Labute approximate surface area is 142 Å². The maximum Gasteiger partial charge on any atom is 0.314 e. The molecule has 0 radical (unpaired) electrons. The Morgan fingerprint density at radius 2 is 1.88 bits per heavy atom. The molecule has 0 unspecified atom stereocenters. The maximum absolute atomic E-state index is 12.5. The lowest BCUT2D eigenvalue weighted by atomic mass is 9.64. The summed E-state index contributed by atoms with van der Waals surface area (Å²) in [6, 6.07) is 5.93. The van der Waals surface area contributed by atoms with E-state index >= 15 is 0 Å². The van der Waals surface area contributed by atoms with Crippen molar-refractivity contribution in [3.8, 4) is 11.5 Å². The highest BCUT2D eigenvalue weighted by atomic mass is 19.3. The molecule has 0 bridgehead atoms. The highest BCUT2D eigenvalue weighted by molar-refractivity contribution is 5.48. The summed E-state index contributed by atoms with van der Waals surface area (Å²) >= 11 is 0. The second-order valence-electron chi connectivity index (χ2n) is 6.16. The zero-order valence-corrected chi connectivity index (χ0v) is 13.3. The first-order valence-electron chi connectivity index (χ1n) is 8.01. The van der Waals surface area contributed by atoms with E-state index in [2.05, 4.69) is 25.1 Å². The van der Waals surface area contributed by atoms with Crippen LogP contribution in [-0.4, -0.2) is 25.1 Å². The quantitative estimate of drug-likeness (QED) is 0.705. The first-order chi connectivity index (χ1) is 12.2. The molecule has 0 saturated heterocycles. The van der Waals surface area contributed by atoms with Gasteiger partial charge in [0, 0.05) is 36.1 Å². The summed E-state index contributed by atoms with van der Waals surface area (Å²) in [5.41, 5.74) is 1.46. The van der Waals surface area contributed by atoms with E-state index in [4.69, 9.17) is 4.42 Å². The molecule has 0 aliphatic heterocycles. The molecule has 25 heavy (non-hydrogen) atoms. The first kappa shape index (κ1) is 15.7. The molecule has 0 amide bonds. The average molecular weight is 343 g/mol. The molecule has 4 rings (SSSR count). The van der Waals surface area contributed by atoms with Crippen molar-refractivity contribution in [2.45, 2.75) is 37.5 Å². The second-order valence-corrected chi connectivity index (χ2v) is 6.16. The van der Waals surface area contributed by atoms with Gasteiger partial charge in [0.05, 0.1) is 5.56 Å². The summed E-state index contributed by atoms with van der Waals surface area (Å²) in [5.74, 6) is -0.0321. The van der Waals surface area contributed by atoms with Crippen LogP contribution in [0.3, 0.4) is 0 Å². The summed E-state index contributed by atoms with van der Waals surface area (Å²) in [6.07, 6.45) is 6.01. The van der Waals surface area contributed by atoms with Gasteiger partial charge in [0.1, 0.15) is 5.82 Å². The molecular formula is C17H15F2N5O. The van der Waals surface area contributed by atoms with Gasteiger partial charge in [-0.1, -0.05) is 12.5 Å². The van der Waals surface area contributed by atoms with Gasteiger partial charge in [-0.05, 0) is 25.0 Å². The Kier molecular flexibility index (Phi) is 3.95. The Morgan fingerprint density at radius 1 is 1.08 bits per heavy atom. The predicted octanol–water partition coefficient (Wildman–Crippen LogP) is 3.52. The minimum absolute atomic E-state index is 0.00932. The molecule has 8 heteroatoms. The number of pyridine rings is 1. The van der Waals surface area contributed by atoms with Crippen LogP contribution in [0.1, 0.15) is 43.1 Å². The van der Waals surface area contributed by atoms with E-state index in [1.807, 2.05) is 18.2 Å². The second kappa shape index (κ2) is 6.27. The van der Waals surface area contributed by atoms with E-state index in [0.29, 0.717) is 17.8 Å². The minimum atomic E-state index is -2.79. The molecular weight excluding hydrogens is 328 g/mol. The van der Waals surface area contributed by atoms with Crippen molar-refractivity contribution in [2.24, 2.45) is 0 Å². The Bertz CT molecular complexity index is 847. The lowest BCUT2D eigenvalue weighted by Gasteiger charge is -2.41. The van der Waals surface area contributed by atoms with Crippen LogP contribution in [0, 0.1) is 0 Å². The summed E-state index contributed by atoms with van der Waals surface area (Å²) < 4.78 is 29.9. The smallest absolute Gasteiger partial charge is 0.314 e. The number of alkyl halides is 2. The third kappa shape index (κ3) is 2.99. The zero-order chi connectivity index (χ0) is 17.3. The van der Waals surface area contributed by atoms with Crippen LogP contribution < -0.4 is 0 Å². The van der Waals surface area contributed by atoms with Gasteiger partial charge in [0.25, 0.3) is 11.8 Å². The van der Waals surface area contributed by atoms with E-state index in [1.165, 1.54) is 12.4 Å². The molecule has 1 aliphatic carbocycles. The van der Waals surface area contributed by atoms with E-state index < -0.39 is 12.3 Å². The van der Waals surface area contributed by atoms with Crippen LogP contribution in [0.4, 0.5) is 8.78 Å². The average Bonchev–Trinajstić information content (AvgIpc) is 3.10. The van der Waals surface area contributed by atoms with Gasteiger partial charge >= 0.3 is 6.43 Å². The lowest BCUT2D eigenvalue weighted by molar-refractivity contribution is 0.116. The van der Waals surface area contributed by atoms with Crippen LogP contribution >= 0.6 is 0 Å². The molecule has 3 aromatic rings. The number of rotatable bonds is 5. The standard InChI is InChI=1S/C17H15F2N5O/c18-14(19)16-24-23-15(25-16)11-9-21-13(22-10-11)8-17(5-3-6-17)12-4-1-2-7-20-12/h1-2,4,7,9-10,14H,3,5-6,8H2. The first-order valence-corrected chi connectivity index (χ1v) is 8.01. The van der Waals surface area contributed by atoms with E-state index in [0.717, 1.165) is 25.0 Å². The van der Waals surface area contributed by atoms with Crippen molar-refractivity contribution in [2.75, 3.05) is 0 Å². The van der Waals surface area contributed by atoms with Crippen molar-refractivity contribution in [1.29, 1.82) is 0 Å². The fourth-order valence-corrected chi connectivity index (χ4v) is 3.10. The van der Waals surface area contributed by atoms with Crippen molar-refractivity contribution in [3.63, 3.8) is 0 Å². The van der Waals surface area contributed by atoms with Gasteiger partial charge in [-0.2, -0.15) is 8.78 Å². The molecule has 1 fully saturated rings. The zero-order valence-electron chi connectivity index (χ0n) is 13.3. The number of aromatic nitrogens is 5. The lowest BCUT2D eigenvalue weighted by Crippen LogP contribution is -2.37. The number of hydrogen-bond donors (Lipinski definition) is 0. The molecule has 3 heterocycles. The van der Waals surface area contributed by atoms with Gasteiger partial charge in [-0.15, -0.1) is 10.2 Å². The molecule has 1 aliphatic rings. The van der Waals surface area contributed by atoms with Gasteiger partial charge < -0.3 is 4.42 Å². The van der Waals surface area contributed by atoms with Crippen molar-refractivity contribution in [1.82, 2.24) is 25.1 Å². The Hall–Kier alpha value is -2.77. The molecule has 0 N–H and O–H groups in total. The number of halogens is 2. The van der Waals surface area contributed by atoms with Crippen LogP contribution in [0.15, 0.2) is 41.2 Å². The normalized spacial score (nSPS) is 16.0. The molecule has 1 saturated carbocycles. The van der Waals surface area contributed by atoms with Crippen molar-refractivity contribution < 1.29 is 13.2 Å². The molecule has 6 nitrogen and oxygen atoms in total. The SMILES string of the molecule is FC(F)c1nnc(-c2cnc(CC3(c4ccccn4)CCC3)nc2)o1. The minimum Gasteiger partial charge on any atom is -0.415 e. The highest BCUT2D eigenvalue weighted by Gasteiger charge is 2.40. The summed E-state index contributed by atoms with van der Waals surface area (Å²) in [5, 5.41) is 6.91. The molecule has 3 aromatic heterocycles. The summed E-state index contributed by atoms with van der Waals surface area (Å²) in [7, 11) is 0. The van der Waals surface area contributed by atoms with Gasteiger partial charge in [0.2, 0.25) is 0 Å². The highest BCUT2D eigenvalue weighted by Crippen LogP contribution is 2.44. The van der Waals surface area contributed by atoms with Gasteiger partial charge in [0.15, 0.2) is 0 Å². The number of hydrogen-bond acceptors (Lipinski definition) is 6. The van der Waals surface area contributed by atoms with Crippen molar-refractivity contribution >= 4 is 0 Å². The third-order valence-corrected chi connectivity index (χ3v) is 4.59. The fourth-order valence-electron chi connectivity index (χ4n) is 3.10. The largest absolute Gasteiger partial charge is 0.415 e. The predicted molar refractivity (Wildman–Crippen MR) is 83.8 cm³/mol. The Morgan fingerprint density at radius 3 is 2.44 bits per heavy atom.